The van der Waals surface area contributed by atoms with Crippen LogP contribution in [0.2, 0.25) is 0 Å². The van der Waals surface area contributed by atoms with E-state index < -0.39 is 34.2 Å². The van der Waals surface area contributed by atoms with Gasteiger partial charge in [-0.2, -0.15) is 0 Å². The molecule has 5 nitrogen and oxygen atoms in total. The van der Waals surface area contributed by atoms with E-state index in [1.54, 1.807) is 33.8 Å². The molecule has 0 amide bonds. The minimum Gasteiger partial charge on any atom is -0.460 e. The fourth-order valence-corrected chi connectivity index (χ4v) is 4.85. The number of aryl methyl sites for hydroxylation is 1. The molecule has 0 bridgehead atoms. The lowest BCUT2D eigenvalue weighted by atomic mass is 9.51. The van der Waals surface area contributed by atoms with Crippen LogP contribution in [0.4, 0.5) is 0 Å². The fraction of sp³-hybridized carbons (Fsp3) is 0.600. The fourth-order valence-electron chi connectivity index (χ4n) is 4.39. The Kier molecular flexibility index (Phi) is 4.60. The number of fused-ring (bicyclic) bond motifs is 2. The number of rotatable bonds is 2. The smallest absolute Gasteiger partial charge is 0.334 e. The van der Waals surface area contributed by atoms with Gasteiger partial charge >= 0.3 is 5.97 Å². The number of allylic oxidation sites excluding steroid dienone is 1. The molecule has 5 atom stereocenters. The van der Waals surface area contributed by atoms with Crippen molar-refractivity contribution in [3.8, 4) is 0 Å². The molecule has 1 saturated carbocycles. The normalized spacial score (nSPS) is 37.1. The van der Waals surface area contributed by atoms with Crippen molar-refractivity contribution in [2.45, 2.75) is 64.5 Å². The van der Waals surface area contributed by atoms with Gasteiger partial charge in [0.1, 0.15) is 6.10 Å². The summed E-state index contributed by atoms with van der Waals surface area (Å²) >= 11 is 6.48. The molecule has 1 fully saturated rings. The summed E-state index contributed by atoms with van der Waals surface area (Å²) in [6, 6.07) is 0. The molecule has 0 spiro atoms. The lowest BCUT2D eigenvalue weighted by Crippen LogP contribution is -2.68. The van der Waals surface area contributed by atoms with Crippen molar-refractivity contribution in [2.24, 2.45) is 11.3 Å². The molecule has 1 aromatic heterocycles. The van der Waals surface area contributed by atoms with Crippen LogP contribution in [0, 0.1) is 18.3 Å². The number of furan rings is 1. The molecule has 2 aliphatic carbocycles. The van der Waals surface area contributed by atoms with Crippen molar-refractivity contribution in [1.29, 1.82) is 0 Å². The molecule has 26 heavy (non-hydrogen) atoms. The number of aliphatic hydroxyl groups is 1. The Morgan fingerprint density at radius 1 is 1.46 bits per heavy atom. The minimum atomic E-state index is -1.86. The summed E-state index contributed by atoms with van der Waals surface area (Å²) in [5.74, 6) is -1.05. The number of halogens is 1. The maximum atomic E-state index is 13.2. The predicted octanol–water partition coefficient (Wildman–Crippen LogP) is 4.11. The van der Waals surface area contributed by atoms with E-state index >= 15 is 0 Å². The van der Waals surface area contributed by atoms with Crippen molar-refractivity contribution in [3.63, 3.8) is 0 Å². The van der Waals surface area contributed by atoms with Crippen LogP contribution >= 0.6 is 11.6 Å². The number of carbonyl (C=O) groups excluding carboxylic acids is 2. The number of carbonyl (C=O) groups is 2. The molecule has 142 valence electrons. The number of ketones is 1. The number of Topliss-reactive ketones (excluding diaryl/α,β-unsaturated/α-hetero) is 1. The first-order valence-electron chi connectivity index (χ1n) is 8.93. The van der Waals surface area contributed by atoms with Crippen LogP contribution in [-0.4, -0.2) is 27.8 Å². The molecule has 6 heteroatoms. The van der Waals surface area contributed by atoms with E-state index in [0.717, 1.165) is 12.0 Å². The molecular weight excluding hydrogens is 356 g/mol. The Labute approximate surface area is 158 Å². The van der Waals surface area contributed by atoms with Crippen LogP contribution < -0.4 is 0 Å². The average Bonchev–Trinajstić information content (AvgIpc) is 3.00. The second-order valence-electron chi connectivity index (χ2n) is 7.74. The molecule has 1 heterocycles. The molecule has 0 saturated heterocycles. The molecule has 0 aromatic carbocycles. The van der Waals surface area contributed by atoms with E-state index in [2.05, 4.69) is 0 Å². The second kappa shape index (κ2) is 6.24. The summed E-state index contributed by atoms with van der Waals surface area (Å²) in [5, 5.41) is 10.8. The van der Waals surface area contributed by atoms with Crippen molar-refractivity contribution in [3.05, 3.63) is 34.8 Å². The van der Waals surface area contributed by atoms with E-state index in [9.17, 15) is 14.7 Å². The highest BCUT2D eigenvalue weighted by atomic mass is 35.5. The standard InChI is InChI=1S/C20H25ClO5/c1-6-10(2)18(23)26-17-14-11(3)9-25-15(14)16(22)20(24)13(21)8-7-12(4)19(17,20)5/h6,9,12-13,17,24H,7-8H2,1-5H3/b10-6+/t12-,13-,17+,19-,20-/m0/s1. The molecule has 1 N–H and O–H groups in total. The first kappa shape index (κ1) is 19.2. The van der Waals surface area contributed by atoms with Crippen LogP contribution in [0.15, 0.2) is 22.3 Å². The molecule has 0 aliphatic heterocycles. The number of esters is 1. The van der Waals surface area contributed by atoms with E-state index in [-0.39, 0.29) is 11.7 Å². The van der Waals surface area contributed by atoms with Crippen LogP contribution in [-0.2, 0) is 9.53 Å². The zero-order chi connectivity index (χ0) is 19.4. The summed E-state index contributed by atoms with van der Waals surface area (Å²) < 4.78 is 11.3. The van der Waals surface area contributed by atoms with Gasteiger partial charge in [-0.25, -0.2) is 4.79 Å². The molecule has 3 rings (SSSR count). The van der Waals surface area contributed by atoms with Crippen LogP contribution in [0.3, 0.4) is 0 Å². The van der Waals surface area contributed by atoms with E-state index in [1.165, 1.54) is 6.26 Å². The topological polar surface area (TPSA) is 76.7 Å². The van der Waals surface area contributed by atoms with Crippen LogP contribution in [0.5, 0.6) is 0 Å². The molecule has 2 aliphatic rings. The molecule has 1 aromatic rings. The molecular formula is C20H25ClO5. The maximum Gasteiger partial charge on any atom is 0.334 e. The zero-order valence-corrected chi connectivity index (χ0v) is 16.5. The Balaban J connectivity index is 2.24. The van der Waals surface area contributed by atoms with Crippen LogP contribution in [0.1, 0.15) is 68.3 Å². The number of hydrogen-bond donors (Lipinski definition) is 1. The van der Waals surface area contributed by atoms with Gasteiger partial charge in [0.2, 0.25) is 5.78 Å². The van der Waals surface area contributed by atoms with E-state index in [0.29, 0.717) is 17.6 Å². The van der Waals surface area contributed by atoms with Gasteiger partial charge in [-0.3, -0.25) is 4.79 Å². The lowest BCUT2D eigenvalue weighted by Gasteiger charge is -2.57. The van der Waals surface area contributed by atoms with Gasteiger partial charge in [-0.15, -0.1) is 11.6 Å². The Morgan fingerprint density at radius 2 is 2.12 bits per heavy atom. The summed E-state index contributed by atoms with van der Waals surface area (Å²) in [4.78, 5) is 25.7. The van der Waals surface area contributed by atoms with Crippen molar-refractivity contribution in [1.82, 2.24) is 0 Å². The van der Waals surface area contributed by atoms with Gasteiger partial charge < -0.3 is 14.3 Å². The minimum absolute atomic E-state index is 0.0400. The summed E-state index contributed by atoms with van der Waals surface area (Å²) in [6.45, 7) is 8.99. The first-order chi connectivity index (χ1) is 12.1. The van der Waals surface area contributed by atoms with Crippen LogP contribution in [0.25, 0.3) is 0 Å². The number of ether oxygens (including phenoxy) is 1. The molecule has 0 unspecified atom stereocenters. The van der Waals surface area contributed by atoms with E-state index in [1.807, 2.05) is 6.92 Å². The van der Waals surface area contributed by atoms with Crippen molar-refractivity contribution < 1.29 is 23.8 Å². The number of alkyl halides is 1. The zero-order valence-electron chi connectivity index (χ0n) is 15.8. The average molecular weight is 381 g/mol. The largest absolute Gasteiger partial charge is 0.460 e. The molecule has 0 radical (unpaired) electrons. The van der Waals surface area contributed by atoms with Crippen molar-refractivity contribution in [2.75, 3.05) is 0 Å². The number of hydrogen-bond acceptors (Lipinski definition) is 5. The lowest BCUT2D eigenvalue weighted by molar-refractivity contribution is -0.189. The Morgan fingerprint density at radius 3 is 2.73 bits per heavy atom. The van der Waals surface area contributed by atoms with E-state index in [4.69, 9.17) is 20.8 Å². The predicted molar refractivity (Wildman–Crippen MR) is 97.1 cm³/mol. The summed E-state index contributed by atoms with van der Waals surface area (Å²) in [7, 11) is 0. The third-order valence-corrected chi connectivity index (χ3v) is 7.05. The third-order valence-electron chi connectivity index (χ3n) is 6.51. The second-order valence-corrected chi connectivity index (χ2v) is 8.27. The van der Waals surface area contributed by atoms with Gasteiger partial charge in [0.05, 0.1) is 11.6 Å². The Hall–Kier alpha value is -1.59. The van der Waals surface area contributed by atoms with Gasteiger partial charge in [0.25, 0.3) is 0 Å². The maximum absolute atomic E-state index is 13.2. The summed E-state index contributed by atoms with van der Waals surface area (Å²) in [6.07, 6.45) is 3.54. The first-order valence-corrected chi connectivity index (χ1v) is 9.37. The highest BCUT2D eigenvalue weighted by Crippen LogP contribution is 2.62. The Bertz CT molecular complexity index is 794. The quantitative estimate of drug-likeness (QED) is 0.474. The van der Waals surface area contributed by atoms with Gasteiger partial charge in [-0.1, -0.05) is 19.9 Å². The van der Waals surface area contributed by atoms with Crippen molar-refractivity contribution >= 4 is 23.4 Å². The summed E-state index contributed by atoms with van der Waals surface area (Å²) in [5.41, 5.74) is -1.20. The van der Waals surface area contributed by atoms with Gasteiger partial charge in [0.15, 0.2) is 11.4 Å². The highest BCUT2D eigenvalue weighted by molar-refractivity contribution is 6.25. The SMILES string of the molecule is C/C=C(\C)C(=O)O[C@@H]1c2c(C)coc2C(=O)[C@@]2(O)[C@@H](Cl)CC[C@H](C)[C@@]12C. The van der Waals surface area contributed by atoms with Gasteiger partial charge in [0, 0.05) is 16.6 Å². The third kappa shape index (κ3) is 2.26. The highest BCUT2D eigenvalue weighted by Gasteiger charge is 2.70. The van der Waals surface area contributed by atoms with Gasteiger partial charge in [-0.05, 0) is 45.1 Å². The monoisotopic (exact) mass is 380 g/mol.